The summed E-state index contributed by atoms with van der Waals surface area (Å²) in [5.41, 5.74) is -0.133. The summed E-state index contributed by atoms with van der Waals surface area (Å²) in [7, 11) is 0. The molecule has 3 N–H and O–H groups in total. The number of amides is 1. The van der Waals surface area contributed by atoms with E-state index in [4.69, 9.17) is 4.74 Å². The number of carbonyl (C=O) groups is 1. The zero-order chi connectivity index (χ0) is 18.7. The third-order valence-corrected chi connectivity index (χ3v) is 3.74. The van der Waals surface area contributed by atoms with E-state index in [-0.39, 0.29) is 22.7 Å². The van der Waals surface area contributed by atoms with Crippen LogP contribution in [0.1, 0.15) is 23.2 Å². The van der Waals surface area contributed by atoms with Crippen molar-refractivity contribution >= 4 is 11.6 Å². The van der Waals surface area contributed by atoms with Gasteiger partial charge in [-0.3, -0.25) is 9.78 Å². The fourth-order valence-electron chi connectivity index (χ4n) is 2.20. The van der Waals surface area contributed by atoms with Gasteiger partial charge in [-0.25, -0.2) is 0 Å². The fourth-order valence-corrected chi connectivity index (χ4v) is 2.20. The molecule has 0 unspecified atom stereocenters. The molecular formula is C17H16F2N2O5. The Hall–Kier alpha value is -3.10. The number of anilines is 1. The maximum Gasteiger partial charge on any atom is 0.387 e. The Morgan fingerprint density at radius 1 is 1.23 bits per heavy atom. The van der Waals surface area contributed by atoms with Crippen molar-refractivity contribution in [2.45, 2.75) is 19.5 Å². The number of alkyl halides is 2. The number of hydrogen-bond donors (Lipinski definition) is 3. The van der Waals surface area contributed by atoms with Gasteiger partial charge in [0, 0.05) is 5.56 Å². The summed E-state index contributed by atoms with van der Waals surface area (Å²) in [6.45, 7) is -2.68. The molecule has 26 heavy (non-hydrogen) atoms. The van der Waals surface area contributed by atoms with Gasteiger partial charge >= 0.3 is 6.61 Å². The molecule has 0 bridgehead atoms. The van der Waals surface area contributed by atoms with Crippen LogP contribution in [0.15, 0.2) is 30.6 Å². The van der Waals surface area contributed by atoms with Crippen molar-refractivity contribution in [3.63, 3.8) is 0 Å². The SMILES string of the molecule is O=C(Nc1c(O)cncc1O)c1ccc(OC(F)F)c(OCC2CC2)c1. The van der Waals surface area contributed by atoms with Crippen molar-refractivity contribution in [2.24, 2.45) is 5.92 Å². The predicted octanol–water partition coefficient (Wildman–Crippen LogP) is 3.14. The van der Waals surface area contributed by atoms with Gasteiger partial charge in [0.25, 0.3) is 5.91 Å². The summed E-state index contributed by atoms with van der Waals surface area (Å²) in [6, 6.07) is 3.74. The molecule has 3 rings (SSSR count). The van der Waals surface area contributed by atoms with Crippen LogP contribution in [-0.4, -0.2) is 34.3 Å². The smallest absolute Gasteiger partial charge is 0.387 e. The highest BCUT2D eigenvalue weighted by molar-refractivity contribution is 6.06. The summed E-state index contributed by atoms with van der Waals surface area (Å²) in [5, 5.41) is 21.7. The Morgan fingerprint density at radius 2 is 1.92 bits per heavy atom. The molecular weight excluding hydrogens is 350 g/mol. The first-order valence-corrected chi connectivity index (χ1v) is 7.83. The van der Waals surface area contributed by atoms with E-state index in [1.807, 2.05) is 0 Å². The van der Waals surface area contributed by atoms with Crippen molar-refractivity contribution in [2.75, 3.05) is 11.9 Å². The van der Waals surface area contributed by atoms with Crippen LogP contribution < -0.4 is 14.8 Å². The molecule has 1 amide bonds. The Kier molecular flexibility index (Phi) is 5.06. The Labute approximate surface area is 147 Å². The van der Waals surface area contributed by atoms with Gasteiger partial charge in [-0.2, -0.15) is 8.78 Å². The number of rotatable bonds is 7. The third kappa shape index (κ3) is 4.29. The number of aromatic hydroxyl groups is 2. The Morgan fingerprint density at radius 3 is 2.54 bits per heavy atom. The van der Waals surface area contributed by atoms with Gasteiger partial charge in [0.15, 0.2) is 23.0 Å². The summed E-state index contributed by atoms with van der Waals surface area (Å²) in [6.07, 6.45) is 4.12. The number of carbonyl (C=O) groups excluding carboxylic acids is 1. The number of pyridine rings is 1. The van der Waals surface area contributed by atoms with Crippen LogP contribution in [0.2, 0.25) is 0 Å². The molecule has 0 saturated heterocycles. The average molecular weight is 366 g/mol. The maximum atomic E-state index is 12.5. The molecule has 1 aromatic carbocycles. The van der Waals surface area contributed by atoms with Crippen LogP contribution in [-0.2, 0) is 0 Å². The fraction of sp³-hybridized carbons (Fsp3) is 0.294. The number of benzene rings is 1. The molecule has 0 spiro atoms. The molecule has 9 heteroatoms. The van der Waals surface area contributed by atoms with Gasteiger partial charge in [0.05, 0.1) is 19.0 Å². The molecule has 1 saturated carbocycles. The lowest BCUT2D eigenvalue weighted by Crippen LogP contribution is -2.13. The zero-order valence-electron chi connectivity index (χ0n) is 13.5. The molecule has 1 aliphatic rings. The minimum atomic E-state index is -3.02. The van der Waals surface area contributed by atoms with Crippen LogP contribution in [0.5, 0.6) is 23.0 Å². The van der Waals surface area contributed by atoms with Gasteiger partial charge in [-0.15, -0.1) is 0 Å². The summed E-state index contributed by atoms with van der Waals surface area (Å²) in [4.78, 5) is 15.9. The maximum absolute atomic E-state index is 12.5. The second-order valence-corrected chi connectivity index (χ2v) is 5.80. The second kappa shape index (κ2) is 7.42. The van der Waals surface area contributed by atoms with Crippen LogP contribution in [0.25, 0.3) is 0 Å². The molecule has 1 fully saturated rings. The number of hydrogen-bond acceptors (Lipinski definition) is 6. The van der Waals surface area contributed by atoms with E-state index in [0.29, 0.717) is 12.5 Å². The minimum absolute atomic E-state index is 0.0213. The number of aromatic nitrogens is 1. The first kappa shape index (κ1) is 17.7. The quantitative estimate of drug-likeness (QED) is 0.696. The van der Waals surface area contributed by atoms with E-state index in [0.717, 1.165) is 25.2 Å². The van der Waals surface area contributed by atoms with E-state index in [1.54, 1.807) is 0 Å². The molecule has 2 aromatic rings. The summed E-state index contributed by atoms with van der Waals surface area (Å²) in [5.74, 6) is -1.29. The van der Waals surface area contributed by atoms with Crippen LogP contribution >= 0.6 is 0 Å². The molecule has 1 heterocycles. The van der Waals surface area contributed by atoms with Crippen molar-refractivity contribution in [3.8, 4) is 23.0 Å². The lowest BCUT2D eigenvalue weighted by atomic mass is 10.1. The van der Waals surface area contributed by atoms with Gasteiger partial charge in [0.1, 0.15) is 5.69 Å². The standard InChI is InChI=1S/C17H16F2N2O5/c18-17(19)26-13-4-3-10(5-14(13)25-8-9-1-2-9)16(24)21-15-11(22)6-20-7-12(15)23/h3-7,9,17,22-23H,1-2,8H2,(H,20,21,24). The predicted molar refractivity (Wildman–Crippen MR) is 86.8 cm³/mol. The average Bonchev–Trinajstić information content (AvgIpc) is 3.41. The first-order chi connectivity index (χ1) is 12.4. The lowest BCUT2D eigenvalue weighted by molar-refractivity contribution is -0.0515. The number of nitrogens with one attached hydrogen (secondary N) is 1. The second-order valence-electron chi connectivity index (χ2n) is 5.80. The van der Waals surface area contributed by atoms with Crippen LogP contribution in [0.4, 0.5) is 14.5 Å². The first-order valence-electron chi connectivity index (χ1n) is 7.83. The Balaban J connectivity index is 1.81. The molecule has 0 aliphatic heterocycles. The molecule has 7 nitrogen and oxygen atoms in total. The summed E-state index contributed by atoms with van der Waals surface area (Å²) < 4.78 is 35.0. The minimum Gasteiger partial charge on any atom is -0.504 e. The zero-order valence-corrected chi connectivity index (χ0v) is 13.5. The van der Waals surface area contributed by atoms with Crippen LogP contribution in [0, 0.1) is 5.92 Å². The molecule has 1 aliphatic carbocycles. The largest absolute Gasteiger partial charge is 0.504 e. The van der Waals surface area contributed by atoms with Gasteiger partial charge in [0.2, 0.25) is 0 Å². The lowest BCUT2D eigenvalue weighted by Gasteiger charge is -2.14. The van der Waals surface area contributed by atoms with E-state index >= 15 is 0 Å². The third-order valence-electron chi connectivity index (χ3n) is 3.74. The van der Waals surface area contributed by atoms with E-state index in [1.165, 1.54) is 18.2 Å². The topological polar surface area (TPSA) is 101 Å². The molecule has 0 atom stereocenters. The number of nitrogens with zero attached hydrogens (tertiary/aromatic N) is 1. The van der Waals surface area contributed by atoms with Gasteiger partial charge < -0.3 is 25.0 Å². The highest BCUT2D eigenvalue weighted by Gasteiger charge is 2.23. The monoisotopic (exact) mass is 366 g/mol. The van der Waals surface area contributed by atoms with E-state index in [2.05, 4.69) is 15.0 Å². The van der Waals surface area contributed by atoms with Crippen molar-refractivity contribution in [1.82, 2.24) is 4.98 Å². The van der Waals surface area contributed by atoms with Crippen molar-refractivity contribution < 1.29 is 33.3 Å². The highest BCUT2D eigenvalue weighted by Crippen LogP contribution is 2.35. The Bertz CT molecular complexity index is 791. The van der Waals surface area contributed by atoms with Gasteiger partial charge in [-0.05, 0) is 37.0 Å². The van der Waals surface area contributed by atoms with Crippen LogP contribution in [0.3, 0.4) is 0 Å². The number of ether oxygens (including phenoxy) is 2. The molecule has 0 radical (unpaired) electrons. The van der Waals surface area contributed by atoms with Crippen molar-refractivity contribution in [3.05, 3.63) is 36.2 Å². The van der Waals surface area contributed by atoms with E-state index < -0.39 is 24.0 Å². The van der Waals surface area contributed by atoms with Gasteiger partial charge in [-0.1, -0.05) is 0 Å². The normalized spacial score (nSPS) is 13.5. The van der Waals surface area contributed by atoms with E-state index in [9.17, 15) is 23.8 Å². The molecule has 138 valence electrons. The highest BCUT2D eigenvalue weighted by atomic mass is 19.3. The van der Waals surface area contributed by atoms with Crippen molar-refractivity contribution in [1.29, 1.82) is 0 Å². The number of halogens is 2. The molecule has 1 aromatic heterocycles. The summed E-state index contributed by atoms with van der Waals surface area (Å²) >= 11 is 0.